The normalized spacial score (nSPS) is 11.8. The van der Waals surface area contributed by atoms with Crippen molar-refractivity contribution >= 4 is 11.8 Å². The zero-order valence-electron chi connectivity index (χ0n) is 11.2. The maximum absolute atomic E-state index is 11.6. The molecule has 0 saturated carbocycles. The second-order valence-corrected chi connectivity index (χ2v) is 4.38. The monoisotopic (exact) mass is 263 g/mol. The van der Waals surface area contributed by atoms with E-state index in [1.165, 1.54) is 0 Å². The number of carbonyl (C=O) groups excluding carboxylic acids is 2. The Bertz CT molecular complexity index is 406. The molecule has 5 nitrogen and oxygen atoms in total. The van der Waals surface area contributed by atoms with Crippen LogP contribution in [-0.2, 0) is 16.1 Å². The van der Waals surface area contributed by atoms with Gasteiger partial charge >= 0.3 is 0 Å². The summed E-state index contributed by atoms with van der Waals surface area (Å²) in [5, 5.41) is 5.74. The second kappa shape index (κ2) is 8.26. The maximum atomic E-state index is 11.6. The fourth-order valence-corrected chi connectivity index (χ4v) is 1.63. The van der Waals surface area contributed by atoms with Crippen molar-refractivity contribution in [3.05, 3.63) is 35.9 Å². The molecule has 2 amide bonds. The lowest BCUT2D eigenvalue weighted by atomic mass is 10.1. The fourth-order valence-electron chi connectivity index (χ4n) is 1.63. The molecule has 0 bridgehead atoms. The van der Waals surface area contributed by atoms with Gasteiger partial charge in [0.2, 0.25) is 11.8 Å². The highest BCUT2D eigenvalue weighted by atomic mass is 16.2. The third-order valence-corrected chi connectivity index (χ3v) is 2.70. The lowest BCUT2D eigenvalue weighted by Crippen LogP contribution is -2.44. The van der Waals surface area contributed by atoms with Gasteiger partial charge in [-0.15, -0.1) is 0 Å². The van der Waals surface area contributed by atoms with Crippen molar-refractivity contribution in [3.63, 3.8) is 0 Å². The summed E-state index contributed by atoms with van der Waals surface area (Å²) < 4.78 is 0. The van der Waals surface area contributed by atoms with Crippen molar-refractivity contribution in [2.45, 2.75) is 32.4 Å². The Morgan fingerprint density at radius 2 is 1.95 bits per heavy atom. The van der Waals surface area contributed by atoms with Crippen molar-refractivity contribution in [2.75, 3.05) is 6.54 Å². The summed E-state index contributed by atoms with van der Waals surface area (Å²) in [6, 6.07) is 9.02. The van der Waals surface area contributed by atoms with E-state index in [1.807, 2.05) is 37.3 Å². The zero-order valence-corrected chi connectivity index (χ0v) is 11.2. The van der Waals surface area contributed by atoms with Gasteiger partial charge in [0.15, 0.2) is 0 Å². The summed E-state index contributed by atoms with van der Waals surface area (Å²) in [6.07, 6.45) is 0.937. The van der Waals surface area contributed by atoms with Crippen LogP contribution in [0.3, 0.4) is 0 Å². The molecule has 0 aliphatic carbocycles. The molecule has 0 spiro atoms. The first-order chi connectivity index (χ1) is 9.13. The first kappa shape index (κ1) is 15.2. The van der Waals surface area contributed by atoms with Gasteiger partial charge in [0.25, 0.3) is 0 Å². The summed E-state index contributed by atoms with van der Waals surface area (Å²) >= 11 is 0. The first-order valence-electron chi connectivity index (χ1n) is 6.46. The van der Waals surface area contributed by atoms with Gasteiger partial charge in [-0.1, -0.05) is 37.3 Å². The van der Waals surface area contributed by atoms with Gasteiger partial charge in [-0.25, -0.2) is 0 Å². The molecule has 1 rings (SSSR count). The Morgan fingerprint density at radius 3 is 2.53 bits per heavy atom. The van der Waals surface area contributed by atoms with Gasteiger partial charge in [0, 0.05) is 13.1 Å². The lowest BCUT2D eigenvalue weighted by Gasteiger charge is -2.15. The molecule has 0 fully saturated rings. The molecule has 104 valence electrons. The Hall–Kier alpha value is -1.88. The van der Waals surface area contributed by atoms with Gasteiger partial charge in [0.05, 0.1) is 12.5 Å². The van der Waals surface area contributed by atoms with Crippen LogP contribution in [0.1, 0.15) is 25.3 Å². The minimum Gasteiger partial charge on any atom is -0.368 e. The van der Waals surface area contributed by atoms with Gasteiger partial charge < -0.3 is 16.4 Å². The molecular weight excluding hydrogens is 242 g/mol. The van der Waals surface area contributed by atoms with Crippen LogP contribution in [0.15, 0.2) is 30.3 Å². The number of hydrogen-bond acceptors (Lipinski definition) is 3. The number of primary amides is 1. The highest BCUT2D eigenvalue weighted by molar-refractivity contribution is 5.87. The summed E-state index contributed by atoms with van der Waals surface area (Å²) in [7, 11) is 0. The average molecular weight is 263 g/mol. The molecule has 0 aliphatic heterocycles. The number of rotatable bonds is 8. The molecule has 19 heavy (non-hydrogen) atoms. The van der Waals surface area contributed by atoms with Crippen LogP contribution >= 0.6 is 0 Å². The topological polar surface area (TPSA) is 84.2 Å². The minimum absolute atomic E-state index is 0.0716. The van der Waals surface area contributed by atoms with Gasteiger partial charge in [-0.05, 0) is 12.0 Å². The summed E-state index contributed by atoms with van der Waals surface area (Å²) in [6.45, 7) is 3.10. The van der Waals surface area contributed by atoms with Crippen LogP contribution in [0.4, 0.5) is 0 Å². The fraction of sp³-hybridized carbons (Fsp3) is 0.429. The van der Waals surface area contributed by atoms with E-state index < -0.39 is 11.9 Å². The third kappa shape index (κ3) is 6.01. The van der Waals surface area contributed by atoms with Gasteiger partial charge in [0.1, 0.15) is 0 Å². The van der Waals surface area contributed by atoms with E-state index >= 15 is 0 Å². The van der Waals surface area contributed by atoms with E-state index in [-0.39, 0.29) is 12.3 Å². The summed E-state index contributed by atoms with van der Waals surface area (Å²) in [5.41, 5.74) is 6.34. The van der Waals surface area contributed by atoms with E-state index in [1.54, 1.807) is 0 Å². The lowest BCUT2D eigenvalue weighted by molar-refractivity contribution is -0.126. The standard InChI is InChI=1S/C14H21N3O2/c1-2-8-16-13(18)9-12(14(15)19)17-10-11-6-4-3-5-7-11/h3-7,12,17H,2,8-10H2,1H3,(H2,15,19)(H,16,18). The largest absolute Gasteiger partial charge is 0.368 e. The number of nitrogens with one attached hydrogen (secondary N) is 2. The molecule has 1 atom stereocenters. The van der Waals surface area contributed by atoms with Crippen molar-refractivity contribution in [1.82, 2.24) is 10.6 Å². The Kier molecular flexibility index (Phi) is 6.60. The number of carbonyl (C=O) groups is 2. The first-order valence-corrected chi connectivity index (χ1v) is 6.46. The number of amides is 2. The van der Waals surface area contributed by atoms with Crippen LogP contribution in [0.2, 0.25) is 0 Å². The SMILES string of the molecule is CCCNC(=O)CC(NCc1ccccc1)C(N)=O. The molecule has 5 heteroatoms. The number of nitrogens with two attached hydrogens (primary N) is 1. The predicted octanol–water partition coefficient (Wildman–Crippen LogP) is 0.546. The van der Waals surface area contributed by atoms with E-state index in [0.29, 0.717) is 13.1 Å². The molecule has 1 aromatic carbocycles. The zero-order chi connectivity index (χ0) is 14.1. The van der Waals surface area contributed by atoms with Gasteiger partial charge in [-0.2, -0.15) is 0 Å². The smallest absolute Gasteiger partial charge is 0.235 e. The summed E-state index contributed by atoms with van der Waals surface area (Å²) in [4.78, 5) is 22.9. The van der Waals surface area contributed by atoms with Crippen LogP contribution in [0.25, 0.3) is 0 Å². The molecule has 0 radical (unpaired) electrons. The molecule has 0 saturated heterocycles. The highest BCUT2D eigenvalue weighted by Gasteiger charge is 2.18. The summed E-state index contributed by atoms with van der Waals surface area (Å²) in [5.74, 6) is -0.672. The molecule has 0 aliphatic rings. The van der Waals surface area contributed by atoms with Crippen LogP contribution in [0, 0.1) is 0 Å². The highest BCUT2D eigenvalue weighted by Crippen LogP contribution is 2.00. The average Bonchev–Trinajstić information content (AvgIpc) is 2.42. The van der Waals surface area contributed by atoms with E-state index in [0.717, 1.165) is 12.0 Å². The van der Waals surface area contributed by atoms with Crippen molar-refractivity contribution in [1.29, 1.82) is 0 Å². The van der Waals surface area contributed by atoms with E-state index in [9.17, 15) is 9.59 Å². The molecule has 1 unspecified atom stereocenters. The molecule has 4 N–H and O–H groups in total. The second-order valence-electron chi connectivity index (χ2n) is 4.38. The van der Waals surface area contributed by atoms with Gasteiger partial charge in [-0.3, -0.25) is 9.59 Å². The number of hydrogen-bond donors (Lipinski definition) is 3. The quantitative estimate of drug-likeness (QED) is 0.640. The molecular formula is C14H21N3O2. The number of benzene rings is 1. The minimum atomic E-state index is -0.642. The van der Waals surface area contributed by atoms with E-state index in [2.05, 4.69) is 10.6 Å². The van der Waals surface area contributed by atoms with Crippen LogP contribution in [-0.4, -0.2) is 24.4 Å². The Labute approximate surface area is 113 Å². The molecule has 1 aromatic rings. The van der Waals surface area contributed by atoms with Crippen molar-refractivity contribution in [3.8, 4) is 0 Å². The van der Waals surface area contributed by atoms with Crippen LogP contribution in [0.5, 0.6) is 0 Å². The Balaban J connectivity index is 2.45. The molecule has 0 heterocycles. The van der Waals surface area contributed by atoms with Crippen molar-refractivity contribution < 1.29 is 9.59 Å². The maximum Gasteiger partial charge on any atom is 0.235 e. The van der Waals surface area contributed by atoms with Crippen LogP contribution < -0.4 is 16.4 Å². The van der Waals surface area contributed by atoms with Crippen molar-refractivity contribution in [2.24, 2.45) is 5.73 Å². The molecule has 0 aromatic heterocycles. The third-order valence-electron chi connectivity index (χ3n) is 2.70. The predicted molar refractivity (Wildman–Crippen MR) is 74.2 cm³/mol. The Morgan fingerprint density at radius 1 is 1.26 bits per heavy atom. The van der Waals surface area contributed by atoms with E-state index in [4.69, 9.17) is 5.73 Å².